The standard InChI is InChI=1S/C22H18BP/c23-24-13-17-11-9-15-5-1-3-7-19(15)21(17)22-18(14-24)12-10-16-6-2-4-8-20(16)22/h1-12H,13-14,23H2. The van der Waals surface area contributed by atoms with Gasteiger partial charge in [-0.15, -0.1) is 7.80 Å². The molecule has 0 unspecified atom stereocenters. The zero-order valence-electron chi connectivity index (χ0n) is 13.8. The van der Waals surface area contributed by atoms with Gasteiger partial charge in [0, 0.05) is 0 Å². The van der Waals surface area contributed by atoms with Gasteiger partial charge in [-0.05, 0) is 56.1 Å². The maximum absolute atomic E-state index is 2.44. The van der Waals surface area contributed by atoms with Crippen molar-refractivity contribution in [3.05, 3.63) is 83.9 Å². The average molecular weight is 324 g/mol. The molecule has 4 aromatic rings. The van der Waals surface area contributed by atoms with Crippen LogP contribution >= 0.6 is 7.80 Å². The van der Waals surface area contributed by atoms with Crippen LogP contribution in [0, 0.1) is 0 Å². The van der Waals surface area contributed by atoms with Gasteiger partial charge in [0.15, 0.2) is 0 Å². The normalized spacial score (nSPS) is 14.3. The molecule has 1 aliphatic rings. The smallest absolute Gasteiger partial charge is 0.135 e. The van der Waals surface area contributed by atoms with E-state index in [1.54, 1.807) is 0 Å². The molecule has 0 saturated heterocycles. The van der Waals surface area contributed by atoms with Gasteiger partial charge < -0.3 is 0 Å². The van der Waals surface area contributed by atoms with E-state index in [1.807, 2.05) is 0 Å². The number of hydrogen-bond donors (Lipinski definition) is 0. The molecular weight excluding hydrogens is 306 g/mol. The third-order valence-electron chi connectivity index (χ3n) is 5.16. The fourth-order valence-electron chi connectivity index (χ4n) is 4.12. The largest absolute Gasteiger partial charge is 0.140 e. The summed E-state index contributed by atoms with van der Waals surface area (Å²) in [6.45, 7) is 0. The average Bonchev–Trinajstić information content (AvgIpc) is 2.77. The Bertz CT molecular complexity index is 996. The van der Waals surface area contributed by atoms with Crippen LogP contribution in [0.4, 0.5) is 0 Å². The van der Waals surface area contributed by atoms with E-state index in [4.69, 9.17) is 0 Å². The van der Waals surface area contributed by atoms with Crippen LogP contribution in [0.2, 0.25) is 0 Å². The minimum atomic E-state index is -0.00224. The summed E-state index contributed by atoms with van der Waals surface area (Å²) in [4.78, 5) is 0. The second-order valence-electron chi connectivity index (χ2n) is 6.81. The highest BCUT2D eigenvalue weighted by Gasteiger charge is 2.21. The molecular formula is C22H18BP. The van der Waals surface area contributed by atoms with Gasteiger partial charge in [-0.25, -0.2) is 0 Å². The predicted octanol–water partition coefficient (Wildman–Crippen LogP) is 5.70. The summed E-state index contributed by atoms with van der Waals surface area (Å²) in [5, 5.41) is 5.49. The molecule has 24 heavy (non-hydrogen) atoms. The Labute approximate surface area is 144 Å². The molecule has 0 spiro atoms. The van der Waals surface area contributed by atoms with Gasteiger partial charge in [0.25, 0.3) is 0 Å². The quantitative estimate of drug-likeness (QED) is 0.287. The Hall–Kier alpha value is -2.11. The number of hydrogen-bond acceptors (Lipinski definition) is 0. The van der Waals surface area contributed by atoms with Gasteiger partial charge in [0.2, 0.25) is 0 Å². The van der Waals surface area contributed by atoms with Gasteiger partial charge in [-0.2, -0.15) is 0 Å². The van der Waals surface area contributed by atoms with Crippen LogP contribution in [-0.2, 0) is 12.3 Å². The third kappa shape index (κ3) is 2.12. The predicted molar refractivity (Wildman–Crippen MR) is 110 cm³/mol. The van der Waals surface area contributed by atoms with Crippen molar-refractivity contribution in [3.8, 4) is 11.1 Å². The summed E-state index contributed by atoms with van der Waals surface area (Å²) in [7, 11) is 2.44. The molecule has 114 valence electrons. The highest BCUT2D eigenvalue weighted by atomic mass is 31.1. The minimum Gasteiger partial charge on any atom is -0.140 e. The molecule has 0 bridgehead atoms. The summed E-state index contributed by atoms with van der Waals surface area (Å²) in [5.41, 5.74) is 6.01. The van der Waals surface area contributed by atoms with E-state index < -0.39 is 0 Å². The van der Waals surface area contributed by atoms with Crippen molar-refractivity contribution in [1.29, 1.82) is 0 Å². The van der Waals surface area contributed by atoms with Crippen molar-refractivity contribution >= 4 is 36.9 Å². The van der Waals surface area contributed by atoms with E-state index in [9.17, 15) is 0 Å². The van der Waals surface area contributed by atoms with Crippen molar-refractivity contribution < 1.29 is 0 Å². The molecule has 0 aromatic heterocycles. The first-order valence-corrected chi connectivity index (χ1v) is 10.7. The summed E-state index contributed by atoms with van der Waals surface area (Å²) >= 11 is 0. The molecule has 1 heterocycles. The van der Waals surface area contributed by atoms with Crippen molar-refractivity contribution in [2.75, 3.05) is 0 Å². The lowest BCUT2D eigenvalue weighted by Gasteiger charge is -2.16. The summed E-state index contributed by atoms with van der Waals surface area (Å²) in [5.74, 6) is 0. The molecule has 0 fully saturated rings. The Kier molecular flexibility index (Phi) is 3.25. The summed E-state index contributed by atoms with van der Waals surface area (Å²) < 4.78 is 0. The van der Waals surface area contributed by atoms with Crippen LogP contribution in [-0.4, -0.2) is 7.57 Å². The lowest BCUT2D eigenvalue weighted by Crippen LogP contribution is -1.92. The van der Waals surface area contributed by atoms with E-state index in [1.165, 1.54) is 56.1 Å². The Morgan fingerprint density at radius 1 is 0.583 bits per heavy atom. The molecule has 0 atom stereocenters. The Morgan fingerprint density at radius 3 is 1.54 bits per heavy atom. The zero-order chi connectivity index (χ0) is 16.1. The fraction of sp³-hybridized carbons (Fsp3) is 0.0909. The van der Waals surface area contributed by atoms with Crippen LogP contribution in [0.15, 0.2) is 72.8 Å². The third-order valence-corrected chi connectivity index (χ3v) is 6.92. The molecule has 0 radical (unpaired) electrons. The summed E-state index contributed by atoms with van der Waals surface area (Å²) in [6.07, 6.45) is 2.44. The molecule has 4 aromatic carbocycles. The number of benzene rings is 4. The second kappa shape index (κ2) is 5.47. The highest BCUT2D eigenvalue weighted by molar-refractivity contribution is 7.80. The van der Waals surface area contributed by atoms with Crippen LogP contribution in [0.5, 0.6) is 0 Å². The van der Waals surface area contributed by atoms with Crippen LogP contribution < -0.4 is 0 Å². The number of rotatable bonds is 0. The lowest BCUT2D eigenvalue weighted by atomic mass is 9.88. The van der Waals surface area contributed by atoms with Gasteiger partial charge in [0.05, 0.1) is 0 Å². The van der Waals surface area contributed by atoms with E-state index in [0.717, 1.165) is 0 Å². The topological polar surface area (TPSA) is 0 Å². The minimum absolute atomic E-state index is 0.00224. The molecule has 0 aliphatic carbocycles. The van der Waals surface area contributed by atoms with E-state index in [2.05, 4.69) is 80.4 Å². The van der Waals surface area contributed by atoms with Crippen LogP contribution in [0.25, 0.3) is 32.7 Å². The molecule has 2 heteroatoms. The first-order valence-electron chi connectivity index (χ1n) is 8.51. The Morgan fingerprint density at radius 2 is 1.04 bits per heavy atom. The van der Waals surface area contributed by atoms with Gasteiger partial charge >= 0.3 is 0 Å². The SMILES string of the molecule is BP1Cc2ccc3ccccc3c2-c2c(ccc3ccccc23)C1. The monoisotopic (exact) mass is 324 g/mol. The fourth-order valence-corrected chi connectivity index (χ4v) is 5.93. The lowest BCUT2D eigenvalue weighted by molar-refractivity contribution is 1.41. The van der Waals surface area contributed by atoms with Crippen LogP contribution in [0.3, 0.4) is 0 Å². The first-order chi connectivity index (χ1) is 11.8. The van der Waals surface area contributed by atoms with E-state index in [-0.39, 0.29) is 7.80 Å². The van der Waals surface area contributed by atoms with Crippen molar-refractivity contribution in [2.24, 2.45) is 0 Å². The van der Waals surface area contributed by atoms with E-state index in [0.29, 0.717) is 0 Å². The van der Waals surface area contributed by atoms with Gasteiger partial charge in [-0.3, -0.25) is 0 Å². The van der Waals surface area contributed by atoms with Crippen molar-refractivity contribution in [3.63, 3.8) is 0 Å². The van der Waals surface area contributed by atoms with Gasteiger partial charge in [-0.1, -0.05) is 72.8 Å². The van der Waals surface area contributed by atoms with Gasteiger partial charge in [0.1, 0.15) is 7.57 Å². The molecule has 0 N–H and O–H groups in total. The maximum Gasteiger partial charge on any atom is 0.135 e. The molecule has 1 aliphatic heterocycles. The molecule has 5 rings (SSSR count). The van der Waals surface area contributed by atoms with E-state index >= 15 is 0 Å². The van der Waals surface area contributed by atoms with Crippen molar-refractivity contribution in [2.45, 2.75) is 12.3 Å². The zero-order valence-corrected chi connectivity index (χ0v) is 14.7. The molecule has 0 amide bonds. The highest BCUT2D eigenvalue weighted by Crippen LogP contribution is 2.50. The van der Waals surface area contributed by atoms with Crippen LogP contribution in [0.1, 0.15) is 11.1 Å². The first kappa shape index (κ1) is 14.3. The summed E-state index contributed by atoms with van der Waals surface area (Å²) in [6, 6.07) is 27.0. The molecule has 0 nitrogen and oxygen atoms in total. The maximum atomic E-state index is 2.44. The molecule has 0 saturated carbocycles. The second-order valence-corrected chi connectivity index (χ2v) is 9.16. The Balaban J connectivity index is 2.00. The van der Waals surface area contributed by atoms with Crippen molar-refractivity contribution in [1.82, 2.24) is 0 Å². The number of fused-ring (bicyclic) bond motifs is 7.